The van der Waals surface area contributed by atoms with E-state index in [1.165, 1.54) is 11.0 Å². The van der Waals surface area contributed by atoms with E-state index in [2.05, 4.69) is 5.43 Å². The van der Waals surface area contributed by atoms with E-state index in [1.807, 2.05) is 55.5 Å². The van der Waals surface area contributed by atoms with Crippen LogP contribution in [0.2, 0.25) is 0 Å². The van der Waals surface area contributed by atoms with Crippen molar-refractivity contribution in [1.82, 2.24) is 9.91 Å². The molecule has 0 spiro atoms. The first-order chi connectivity index (χ1) is 24.1. The van der Waals surface area contributed by atoms with Gasteiger partial charge < -0.3 is 14.9 Å². The van der Waals surface area contributed by atoms with E-state index in [1.54, 1.807) is 31.2 Å². The van der Waals surface area contributed by atoms with Gasteiger partial charge in [-0.25, -0.2) is 0 Å². The predicted octanol–water partition coefficient (Wildman–Crippen LogP) is 4.95. The number of phenols is 1. The Morgan fingerprint density at radius 2 is 1.70 bits per heavy atom. The Labute approximate surface area is 289 Å². The minimum atomic E-state index is -1.45. The van der Waals surface area contributed by atoms with Gasteiger partial charge in [0.25, 0.3) is 11.8 Å². The maximum Gasteiger partial charge on any atom is 0.303 e. The number of aromatic hydroxyl groups is 1. The highest BCUT2D eigenvalue weighted by molar-refractivity contribution is 6.13. The Balaban J connectivity index is 1.40. The number of hydrazine groups is 1. The number of amides is 4. The third-order valence-corrected chi connectivity index (χ3v) is 10.9. The van der Waals surface area contributed by atoms with Crippen LogP contribution in [-0.2, 0) is 29.4 Å². The number of benzene rings is 3. The number of carboxylic acid groups (broad SMARTS) is 1. The first-order valence-electron chi connectivity index (χ1n) is 17.1. The highest BCUT2D eigenvalue weighted by atomic mass is 16.5. The van der Waals surface area contributed by atoms with Crippen LogP contribution in [0, 0.1) is 30.6 Å². The number of carboxylic acids is 1. The largest absolute Gasteiger partial charge is 0.504 e. The molecule has 2 saturated heterocycles. The minimum Gasteiger partial charge on any atom is -0.504 e. The van der Waals surface area contributed by atoms with Crippen molar-refractivity contribution in [2.24, 2.45) is 23.7 Å². The van der Waals surface area contributed by atoms with Crippen LogP contribution >= 0.6 is 0 Å². The zero-order valence-electron chi connectivity index (χ0n) is 27.9. The lowest BCUT2D eigenvalue weighted by Gasteiger charge is -2.50. The van der Waals surface area contributed by atoms with Gasteiger partial charge in [0, 0.05) is 18.9 Å². The summed E-state index contributed by atoms with van der Waals surface area (Å²) in [6.07, 6.45) is 2.33. The Morgan fingerprint density at radius 3 is 2.40 bits per heavy atom. The molecule has 3 aromatic carbocycles. The van der Waals surface area contributed by atoms with Crippen LogP contribution in [0.1, 0.15) is 55.2 Å². The van der Waals surface area contributed by atoms with Crippen molar-refractivity contribution in [3.63, 3.8) is 0 Å². The molecule has 0 radical (unpaired) electrons. The number of likely N-dealkylation sites (tertiary alicyclic amines) is 1. The average Bonchev–Trinajstić information content (AvgIpc) is 3.47. The molecule has 6 atom stereocenters. The number of rotatable bonds is 10. The van der Waals surface area contributed by atoms with Crippen molar-refractivity contribution in [2.45, 2.75) is 50.9 Å². The number of imide groups is 2. The van der Waals surface area contributed by atoms with Gasteiger partial charge in [0.2, 0.25) is 11.8 Å². The van der Waals surface area contributed by atoms with Crippen LogP contribution in [0.25, 0.3) is 0 Å². The summed E-state index contributed by atoms with van der Waals surface area (Å²) in [5, 5.41) is 21.0. The summed E-state index contributed by atoms with van der Waals surface area (Å²) in [6, 6.07) is 21.5. The maximum absolute atomic E-state index is 15.2. The quantitative estimate of drug-likeness (QED) is 0.200. The van der Waals surface area contributed by atoms with Crippen LogP contribution < -0.4 is 10.2 Å². The fourth-order valence-corrected chi connectivity index (χ4v) is 8.78. The molecule has 50 heavy (non-hydrogen) atoms. The molecule has 0 bridgehead atoms. The van der Waals surface area contributed by atoms with Gasteiger partial charge in [0.05, 0.1) is 35.5 Å². The third-order valence-electron chi connectivity index (χ3n) is 10.9. The number of anilines is 1. The van der Waals surface area contributed by atoms with Crippen molar-refractivity contribution in [2.75, 3.05) is 18.6 Å². The summed E-state index contributed by atoms with van der Waals surface area (Å²) in [4.78, 5) is 70.1. The molecule has 7 rings (SSSR count). The number of hydrogen-bond acceptors (Lipinski definition) is 8. The Bertz CT molecular complexity index is 1910. The van der Waals surface area contributed by atoms with Crippen LogP contribution in [0.3, 0.4) is 0 Å². The minimum absolute atomic E-state index is 0.00116. The summed E-state index contributed by atoms with van der Waals surface area (Å²) >= 11 is 0. The average molecular weight is 678 g/mol. The first kappa shape index (κ1) is 33.1. The van der Waals surface area contributed by atoms with Gasteiger partial charge in [-0.15, -0.1) is 0 Å². The number of carbonyl (C=O) groups excluding carboxylic acids is 4. The zero-order valence-corrected chi connectivity index (χ0v) is 27.9. The SMILES string of the molecule is CCOc1cc(C2C3=CCC4C(=O)N(CCCC(=O)O)C(=O)C4C3CC3C(=O)N(Nc4ccc(C)cc4)C(=O)C32c2ccccc2)ccc1O. The molecule has 11 heteroatoms. The fraction of sp³-hybridized carbons (Fsp3) is 0.359. The summed E-state index contributed by atoms with van der Waals surface area (Å²) < 4.78 is 5.79. The summed E-state index contributed by atoms with van der Waals surface area (Å²) in [7, 11) is 0. The van der Waals surface area contributed by atoms with E-state index in [9.17, 15) is 29.4 Å². The Morgan fingerprint density at radius 1 is 0.960 bits per heavy atom. The van der Waals surface area contributed by atoms with Gasteiger partial charge in [-0.3, -0.25) is 34.3 Å². The zero-order chi connectivity index (χ0) is 35.3. The lowest BCUT2D eigenvalue weighted by Crippen LogP contribution is -2.53. The molecule has 0 aromatic heterocycles. The van der Waals surface area contributed by atoms with E-state index in [-0.39, 0.29) is 62.1 Å². The number of hydrogen-bond donors (Lipinski definition) is 3. The molecule has 6 unspecified atom stereocenters. The standard InChI is InChI=1S/C39H39N3O8/c1-3-50-31-20-23(13-18-30(31)43)34-26-16-17-27-33(37(48)41(35(27)46)19-7-10-32(44)45)28(26)21-29-36(47)42(40-25-14-11-22(2)12-15-25)38(49)39(29,34)24-8-5-4-6-9-24/h4-6,8-9,11-16,18,20,27-29,33-34,40,43H,3,7,10,17,19,21H2,1-2H3,(H,44,45). The number of nitrogens with one attached hydrogen (secondary N) is 1. The number of aliphatic carboxylic acids is 1. The summed E-state index contributed by atoms with van der Waals surface area (Å²) in [5.74, 6) is -6.11. The van der Waals surface area contributed by atoms with Crippen molar-refractivity contribution >= 4 is 35.3 Å². The van der Waals surface area contributed by atoms with E-state index in [0.717, 1.165) is 16.1 Å². The Hall–Kier alpha value is -5.45. The van der Waals surface area contributed by atoms with Gasteiger partial charge in [0.1, 0.15) is 0 Å². The van der Waals surface area contributed by atoms with Gasteiger partial charge in [-0.1, -0.05) is 65.7 Å². The fourth-order valence-electron chi connectivity index (χ4n) is 8.78. The van der Waals surface area contributed by atoms with Crippen molar-refractivity contribution in [3.8, 4) is 11.5 Å². The highest BCUT2D eigenvalue weighted by Crippen LogP contribution is 2.64. The number of nitrogens with zero attached hydrogens (tertiary/aromatic N) is 2. The topological polar surface area (TPSA) is 154 Å². The second-order valence-corrected chi connectivity index (χ2v) is 13.6. The normalized spacial score (nSPS) is 27.1. The number of fused-ring (bicyclic) bond motifs is 4. The Kier molecular flexibility index (Phi) is 8.45. The van der Waals surface area contributed by atoms with Crippen LogP contribution in [0.4, 0.5) is 5.69 Å². The molecule has 3 N–H and O–H groups in total. The maximum atomic E-state index is 15.2. The van der Waals surface area contributed by atoms with E-state index < -0.39 is 52.8 Å². The first-order valence-corrected chi connectivity index (χ1v) is 17.1. The smallest absolute Gasteiger partial charge is 0.303 e. The summed E-state index contributed by atoms with van der Waals surface area (Å²) in [6.45, 7) is 4.02. The molecule has 11 nitrogen and oxygen atoms in total. The predicted molar refractivity (Wildman–Crippen MR) is 182 cm³/mol. The monoisotopic (exact) mass is 677 g/mol. The second-order valence-electron chi connectivity index (χ2n) is 13.6. The highest BCUT2D eigenvalue weighted by Gasteiger charge is 2.70. The molecule has 258 valence electrons. The molecule has 2 aliphatic heterocycles. The molecule has 1 saturated carbocycles. The van der Waals surface area contributed by atoms with E-state index in [0.29, 0.717) is 16.8 Å². The molecular weight excluding hydrogens is 638 g/mol. The third kappa shape index (κ3) is 5.14. The van der Waals surface area contributed by atoms with Gasteiger partial charge in [0.15, 0.2) is 11.5 Å². The number of ether oxygens (including phenoxy) is 1. The van der Waals surface area contributed by atoms with Crippen LogP contribution in [-0.4, -0.2) is 62.9 Å². The van der Waals surface area contributed by atoms with Crippen LogP contribution in [0.5, 0.6) is 11.5 Å². The number of carbonyl (C=O) groups is 5. The van der Waals surface area contributed by atoms with Gasteiger partial charge in [-0.2, -0.15) is 5.01 Å². The van der Waals surface area contributed by atoms with Gasteiger partial charge in [-0.05, 0) is 74.4 Å². The van der Waals surface area contributed by atoms with Crippen LogP contribution in [0.15, 0.2) is 84.4 Å². The van der Waals surface area contributed by atoms with E-state index in [4.69, 9.17) is 4.74 Å². The molecule has 3 aromatic rings. The number of allylic oxidation sites excluding steroid dienone is 2. The van der Waals surface area contributed by atoms with Gasteiger partial charge >= 0.3 is 5.97 Å². The van der Waals surface area contributed by atoms with Crippen molar-refractivity contribution in [1.29, 1.82) is 0 Å². The van der Waals surface area contributed by atoms with E-state index >= 15 is 4.79 Å². The molecule has 3 fully saturated rings. The lowest BCUT2D eigenvalue weighted by molar-refractivity contribution is -0.142. The van der Waals surface area contributed by atoms with Crippen molar-refractivity contribution < 1.29 is 38.9 Å². The summed E-state index contributed by atoms with van der Waals surface area (Å²) in [5.41, 5.74) is 5.26. The number of phenolic OH excluding ortho intramolecular Hbond substituents is 1. The molecular formula is C39H39N3O8. The molecule has 2 aliphatic carbocycles. The number of aryl methyl sites for hydroxylation is 1. The molecule has 4 aliphatic rings. The second kappa shape index (κ2) is 12.8. The molecule has 4 amide bonds. The molecule has 2 heterocycles. The van der Waals surface area contributed by atoms with Crippen molar-refractivity contribution in [3.05, 3.63) is 101 Å². The lowest BCUT2D eigenvalue weighted by atomic mass is 9.49.